The molecule has 0 aliphatic heterocycles. The van der Waals surface area contributed by atoms with Crippen LogP contribution in [-0.2, 0) is 10.0 Å². The van der Waals surface area contributed by atoms with E-state index in [0.29, 0.717) is 29.6 Å². The molecule has 0 aliphatic rings. The van der Waals surface area contributed by atoms with Crippen LogP contribution < -0.4 is 9.04 Å². The van der Waals surface area contributed by atoms with E-state index >= 15 is 0 Å². The summed E-state index contributed by atoms with van der Waals surface area (Å²) in [7, 11) is -3.61. The van der Waals surface area contributed by atoms with Crippen molar-refractivity contribution in [1.29, 1.82) is 0 Å². The van der Waals surface area contributed by atoms with Gasteiger partial charge in [-0.15, -0.1) is 0 Å². The van der Waals surface area contributed by atoms with Crippen LogP contribution in [0.4, 0.5) is 5.69 Å². The highest BCUT2D eigenvalue weighted by atomic mass is 35.5. The first-order chi connectivity index (χ1) is 10.5. The summed E-state index contributed by atoms with van der Waals surface area (Å²) in [5.74, 6) is 0.649. The fraction of sp³-hybridized carbons (Fsp3) is 0.250. The fourth-order valence-electron chi connectivity index (χ4n) is 2.10. The third-order valence-corrected chi connectivity index (χ3v) is 5.29. The second-order valence-corrected chi connectivity index (χ2v) is 6.85. The average Bonchev–Trinajstić information content (AvgIpc) is 2.50. The van der Waals surface area contributed by atoms with Crippen LogP contribution in [0.3, 0.4) is 0 Å². The van der Waals surface area contributed by atoms with Crippen LogP contribution in [0.2, 0.25) is 5.02 Å². The molecule has 22 heavy (non-hydrogen) atoms. The highest BCUT2D eigenvalue weighted by Crippen LogP contribution is 2.26. The van der Waals surface area contributed by atoms with E-state index in [-0.39, 0.29) is 4.90 Å². The minimum Gasteiger partial charge on any atom is -0.494 e. The predicted molar refractivity (Wildman–Crippen MR) is 89.3 cm³/mol. The molecule has 0 amide bonds. The number of benzene rings is 2. The van der Waals surface area contributed by atoms with Crippen LogP contribution in [-0.4, -0.2) is 21.6 Å². The number of nitrogens with zero attached hydrogens (tertiary/aromatic N) is 1. The lowest BCUT2D eigenvalue weighted by molar-refractivity contribution is 0.340. The topological polar surface area (TPSA) is 46.6 Å². The Morgan fingerprint density at radius 3 is 2.09 bits per heavy atom. The smallest absolute Gasteiger partial charge is 0.264 e. The Kier molecular flexibility index (Phi) is 5.32. The van der Waals surface area contributed by atoms with E-state index in [4.69, 9.17) is 16.3 Å². The van der Waals surface area contributed by atoms with Crippen molar-refractivity contribution in [3.05, 3.63) is 53.6 Å². The second kappa shape index (κ2) is 7.03. The molecule has 118 valence electrons. The van der Waals surface area contributed by atoms with Crippen molar-refractivity contribution >= 4 is 27.3 Å². The molecule has 0 unspecified atom stereocenters. The molecule has 0 aliphatic carbocycles. The average molecular weight is 340 g/mol. The van der Waals surface area contributed by atoms with Gasteiger partial charge in [0.05, 0.1) is 17.2 Å². The molecule has 0 heterocycles. The number of rotatable bonds is 6. The van der Waals surface area contributed by atoms with Gasteiger partial charge in [-0.3, -0.25) is 4.31 Å². The summed E-state index contributed by atoms with van der Waals surface area (Å²) in [6.45, 7) is 4.54. The number of ether oxygens (including phenoxy) is 1. The van der Waals surface area contributed by atoms with Crippen molar-refractivity contribution < 1.29 is 13.2 Å². The maximum atomic E-state index is 12.8. The van der Waals surface area contributed by atoms with Crippen LogP contribution >= 0.6 is 11.6 Å². The number of hydrogen-bond acceptors (Lipinski definition) is 3. The lowest BCUT2D eigenvalue weighted by atomic mass is 10.3. The normalized spacial score (nSPS) is 11.2. The van der Waals surface area contributed by atoms with Crippen molar-refractivity contribution in [3.8, 4) is 5.75 Å². The lowest BCUT2D eigenvalue weighted by Crippen LogP contribution is -2.30. The van der Waals surface area contributed by atoms with E-state index in [1.165, 1.54) is 4.31 Å². The van der Waals surface area contributed by atoms with Gasteiger partial charge in [-0.05, 0) is 62.4 Å². The highest BCUT2D eigenvalue weighted by Gasteiger charge is 2.23. The Morgan fingerprint density at radius 1 is 1.00 bits per heavy atom. The standard InChI is InChI=1S/C16H18ClNO3S/c1-3-18(14-7-5-13(17)6-8-14)22(19,20)16-11-9-15(10-12-16)21-4-2/h5-12H,3-4H2,1-2H3. The molecule has 0 aromatic heterocycles. The molecular weight excluding hydrogens is 322 g/mol. The summed E-state index contributed by atoms with van der Waals surface area (Å²) in [6.07, 6.45) is 0. The molecule has 4 nitrogen and oxygen atoms in total. The minimum absolute atomic E-state index is 0.229. The van der Waals surface area contributed by atoms with E-state index in [1.54, 1.807) is 55.5 Å². The Labute approximate surface area is 136 Å². The molecule has 6 heteroatoms. The Morgan fingerprint density at radius 2 is 1.59 bits per heavy atom. The molecule has 0 saturated heterocycles. The van der Waals surface area contributed by atoms with E-state index in [9.17, 15) is 8.42 Å². The molecular formula is C16H18ClNO3S. The number of hydrogen-bond donors (Lipinski definition) is 0. The zero-order chi connectivity index (χ0) is 16.2. The number of sulfonamides is 1. The molecule has 0 radical (unpaired) electrons. The van der Waals surface area contributed by atoms with Gasteiger partial charge in [-0.2, -0.15) is 0 Å². The van der Waals surface area contributed by atoms with E-state index in [0.717, 1.165) is 0 Å². The van der Waals surface area contributed by atoms with Crippen molar-refractivity contribution in [2.24, 2.45) is 0 Å². The molecule has 2 aromatic rings. The molecule has 0 fully saturated rings. The second-order valence-electron chi connectivity index (χ2n) is 4.55. The van der Waals surface area contributed by atoms with E-state index < -0.39 is 10.0 Å². The van der Waals surface area contributed by atoms with Gasteiger partial charge in [0.2, 0.25) is 0 Å². The Hall–Kier alpha value is -1.72. The van der Waals surface area contributed by atoms with Crippen molar-refractivity contribution in [2.45, 2.75) is 18.7 Å². The molecule has 2 aromatic carbocycles. The highest BCUT2D eigenvalue weighted by molar-refractivity contribution is 7.92. The van der Waals surface area contributed by atoms with Crippen LogP contribution in [0.15, 0.2) is 53.4 Å². The van der Waals surface area contributed by atoms with Crippen molar-refractivity contribution in [3.63, 3.8) is 0 Å². The predicted octanol–water partition coefficient (Wildman–Crippen LogP) is 3.95. The molecule has 0 saturated carbocycles. The first-order valence-electron chi connectivity index (χ1n) is 7.00. The first-order valence-corrected chi connectivity index (χ1v) is 8.82. The van der Waals surface area contributed by atoms with E-state index in [1.807, 2.05) is 6.92 Å². The quantitative estimate of drug-likeness (QED) is 0.800. The first kappa shape index (κ1) is 16.6. The molecule has 0 spiro atoms. The van der Waals surface area contributed by atoms with Crippen molar-refractivity contribution in [2.75, 3.05) is 17.5 Å². The molecule has 0 bridgehead atoms. The van der Waals surface area contributed by atoms with Gasteiger partial charge in [0.15, 0.2) is 0 Å². The summed E-state index contributed by atoms with van der Waals surface area (Å²) in [5, 5.41) is 0.568. The summed E-state index contributed by atoms with van der Waals surface area (Å²) in [4.78, 5) is 0.229. The maximum Gasteiger partial charge on any atom is 0.264 e. The summed E-state index contributed by atoms with van der Waals surface area (Å²) in [6, 6.07) is 13.2. The summed E-state index contributed by atoms with van der Waals surface area (Å²) < 4.78 is 32.2. The van der Waals surface area contributed by atoms with Gasteiger partial charge in [0.25, 0.3) is 10.0 Å². The number of halogens is 1. The van der Waals surface area contributed by atoms with Crippen molar-refractivity contribution in [1.82, 2.24) is 0 Å². The summed E-state index contributed by atoms with van der Waals surface area (Å²) >= 11 is 5.86. The van der Waals surface area contributed by atoms with Gasteiger partial charge >= 0.3 is 0 Å². The van der Waals surface area contributed by atoms with Gasteiger partial charge < -0.3 is 4.74 Å². The zero-order valence-electron chi connectivity index (χ0n) is 12.5. The SMILES string of the molecule is CCOc1ccc(S(=O)(=O)N(CC)c2ccc(Cl)cc2)cc1. The monoisotopic (exact) mass is 339 g/mol. The summed E-state index contributed by atoms with van der Waals surface area (Å²) in [5.41, 5.74) is 0.584. The van der Waals surface area contributed by atoms with Crippen LogP contribution in [0, 0.1) is 0 Å². The Bertz CT molecular complexity index is 712. The number of anilines is 1. The molecule has 0 atom stereocenters. The van der Waals surface area contributed by atoms with Gasteiger partial charge in [-0.25, -0.2) is 8.42 Å². The fourth-order valence-corrected chi connectivity index (χ4v) is 3.70. The largest absolute Gasteiger partial charge is 0.494 e. The Balaban J connectivity index is 2.36. The molecule has 2 rings (SSSR count). The third-order valence-electron chi connectivity index (χ3n) is 3.12. The zero-order valence-corrected chi connectivity index (χ0v) is 14.1. The minimum atomic E-state index is -3.61. The molecule has 0 N–H and O–H groups in total. The maximum absolute atomic E-state index is 12.8. The van der Waals surface area contributed by atoms with E-state index in [2.05, 4.69) is 0 Å². The third kappa shape index (κ3) is 3.54. The van der Waals surface area contributed by atoms with Crippen LogP contribution in [0.5, 0.6) is 5.75 Å². The van der Waals surface area contributed by atoms with Gasteiger partial charge in [-0.1, -0.05) is 11.6 Å². The van der Waals surface area contributed by atoms with Crippen LogP contribution in [0.1, 0.15) is 13.8 Å². The van der Waals surface area contributed by atoms with Gasteiger partial charge in [0.1, 0.15) is 5.75 Å². The van der Waals surface area contributed by atoms with Gasteiger partial charge in [0, 0.05) is 11.6 Å². The lowest BCUT2D eigenvalue weighted by Gasteiger charge is -2.23. The van der Waals surface area contributed by atoms with Crippen LogP contribution in [0.25, 0.3) is 0 Å².